The van der Waals surface area contributed by atoms with Gasteiger partial charge in [0.05, 0.1) is 12.4 Å². The summed E-state index contributed by atoms with van der Waals surface area (Å²) in [5.41, 5.74) is 2.69. The molecule has 0 heterocycles. The number of hydrogen-bond acceptors (Lipinski definition) is 3. The van der Waals surface area contributed by atoms with Crippen molar-refractivity contribution in [2.24, 2.45) is 0 Å². The summed E-state index contributed by atoms with van der Waals surface area (Å²) < 4.78 is 0. The molecule has 0 saturated carbocycles. The third-order valence-electron chi connectivity index (χ3n) is 2.78. The number of anilines is 1. The standard InChI is InChI=1S/C16H16ClNO2S/c17-14-5-2-6-15(8-14)18-16(20)11-21-10-13-4-1-3-12(7-13)9-19/h1-8,19H,9-11H2,(H,18,20). The molecule has 1 amide bonds. The number of rotatable bonds is 6. The van der Waals surface area contributed by atoms with Crippen molar-refractivity contribution in [1.82, 2.24) is 0 Å². The molecule has 0 aliphatic rings. The number of amides is 1. The Labute approximate surface area is 133 Å². The monoisotopic (exact) mass is 321 g/mol. The smallest absolute Gasteiger partial charge is 0.234 e. The first-order valence-electron chi connectivity index (χ1n) is 6.49. The van der Waals surface area contributed by atoms with Crippen LogP contribution >= 0.6 is 23.4 Å². The van der Waals surface area contributed by atoms with E-state index >= 15 is 0 Å². The number of carbonyl (C=O) groups is 1. The van der Waals surface area contributed by atoms with Crippen LogP contribution in [0.1, 0.15) is 11.1 Å². The van der Waals surface area contributed by atoms with Crippen molar-refractivity contribution in [2.75, 3.05) is 11.1 Å². The van der Waals surface area contributed by atoms with E-state index in [1.807, 2.05) is 24.3 Å². The average Bonchev–Trinajstić information content (AvgIpc) is 2.47. The van der Waals surface area contributed by atoms with Crippen LogP contribution in [0.2, 0.25) is 5.02 Å². The van der Waals surface area contributed by atoms with Crippen molar-refractivity contribution in [3.8, 4) is 0 Å². The molecule has 0 unspecified atom stereocenters. The topological polar surface area (TPSA) is 49.3 Å². The number of halogens is 1. The molecule has 5 heteroatoms. The third kappa shape index (κ3) is 5.42. The molecule has 0 aromatic heterocycles. The Morgan fingerprint density at radius 1 is 1.14 bits per heavy atom. The predicted molar refractivity (Wildman–Crippen MR) is 88.6 cm³/mol. The summed E-state index contributed by atoms with van der Waals surface area (Å²) in [5.74, 6) is 1.05. The summed E-state index contributed by atoms with van der Waals surface area (Å²) in [6, 6.07) is 14.8. The van der Waals surface area contributed by atoms with Crippen molar-refractivity contribution < 1.29 is 9.90 Å². The number of carbonyl (C=O) groups excluding carboxylic acids is 1. The first-order chi connectivity index (χ1) is 10.2. The van der Waals surface area contributed by atoms with Gasteiger partial charge < -0.3 is 10.4 Å². The van der Waals surface area contributed by atoms with Crippen LogP contribution < -0.4 is 5.32 Å². The molecule has 110 valence electrons. The van der Waals surface area contributed by atoms with E-state index in [0.717, 1.165) is 16.9 Å². The van der Waals surface area contributed by atoms with Crippen LogP contribution in [0.15, 0.2) is 48.5 Å². The lowest BCUT2D eigenvalue weighted by Crippen LogP contribution is -2.14. The van der Waals surface area contributed by atoms with E-state index in [2.05, 4.69) is 5.32 Å². The molecule has 2 rings (SSSR count). The molecule has 0 radical (unpaired) electrons. The molecule has 0 atom stereocenters. The summed E-state index contributed by atoms with van der Waals surface area (Å²) in [6.45, 7) is 0.0355. The van der Waals surface area contributed by atoms with Gasteiger partial charge in [-0.3, -0.25) is 4.79 Å². The normalized spacial score (nSPS) is 10.4. The lowest BCUT2D eigenvalue weighted by atomic mass is 10.1. The highest BCUT2D eigenvalue weighted by Crippen LogP contribution is 2.17. The molecular weight excluding hydrogens is 306 g/mol. The lowest BCUT2D eigenvalue weighted by Gasteiger charge is -2.06. The van der Waals surface area contributed by atoms with E-state index in [0.29, 0.717) is 16.5 Å². The Hall–Kier alpha value is -1.49. The fourth-order valence-corrected chi connectivity index (χ4v) is 2.81. The summed E-state index contributed by atoms with van der Waals surface area (Å²) in [6.07, 6.45) is 0. The summed E-state index contributed by atoms with van der Waals surface area (Å²) >= 11 is 7.39. The highest BCUT2D eigenvalue weighted by Gasteiger charge is 2.04. The third-order valence-corrected chi connectivity index (χ3v) is 4.02. The first-order valence-corrected chi connectivity index (χ1v) is 8.02. The zero-order valence-electron chi connectivity index (χ0n) is 11.4. The second kappa shape index (κ2) is 8.08. The van der Waals surface area contributed by atoms with Gasteiger partial charge in [-0.25, -0.2) is 0 Å². The Kier molecular flexibility index (Phi) is 6.11. The molecule has 0 fully saturated rings. The minimum absolute atomic E-state index is 0.0355. The number of aliphatic hydroxyl groups is 1. The van der Waals surface area contributed by atoms with Crippen LogP contribution in [0.5, 0.6) is 0 Å². The highest BCUT2D eigenvalue weighted by molar-refractivity contribution is 7.99. The molecule has 3 nitrogen and oxygen atoms in total. The number of hydrogen-bond donors (Lipinski definition) is 2. The van der Waals surface area contributed by atoms with Gasteiger partial charge in [0.15, 0.2) is 0 Å². The van der Waals surface area contributed by atoms with Crippen LogP contribution in [0.25, 0.3) is 0 Å². The van der Waals surface area contributed by atoms with Gasteiger partial charge in [0.25, 0.3) is 0 Å². The number of benzene rings is 2. The molecule has 2 aromatic rings. The Morgan fingerprint density at radius 3 is 2.67 bits per heavy atom. The fraction of sp³-hybridized carbons (Fsp3) is 0.188. The second-order valence-corrected chi connectivity index (χ2v) is 5.95. The summed E-state index contributed by atoms with van der Waals surface area (Å²) in [5, 5.41) is 12.5. The number of thioether (sulfide) groups is 1. The molecule has 0 aliphatic heterocycles. The van der Waals surface area contributed by atoms with Gasteiger partial charge in [-0.1, -0.05) is 41.9 Å². The van der Waals surface area contributed by atoms with Gasteiger partial charge in [0, 0.05) is 16.5 Å². The number of aliphatic hydroxyl groups excluding tert-OH is 1. The molecule has 2 N–H and O–H groups in total. The van der Waals surface area contributed by atoms with Crippen molar-refractivity contribution in [2.45, 2.75) is 12.4 Å². The van der Waals surface area contributed by atoms with Gasteiger partial charge in [-0.2, -0.15) is 0 Å². The van der Waals surface area contributed by atoms with Crippen molar-refractivity contribution in [3.05, 3.63) is 64.7 Å². The Morgan fingerprint density at radius 2 is 1.90 bits per heavy atom. The maximum absolute atomic E-state index is 11.8. The maximum atomic E-state index is 11.8. The highest BCUT2D eigenvalue weighted by atomic mass is 35.5. The molecule has 21 heavy (non-hydrogen) atoms. The minimum Gasteiger partial charge on any atom is -0.392 e. The molecule has 0 bridgehead atoms. The Bertz CT molecular complexity index is 619. The largest absolute Gasteiger partial charge is 0.392 e. The van der Waals surface area contributed by atoms with Gasteiger partial charge in [-0.15, -0.1) is 11.8 Å². The van der Waals surface area contributed by atoms with Gasteiger partial charge in [0.2, 0.25) is 5.91 Å². The molecule has 0 aliphatic carbocycles. The van der Waals surface area contributed by atoms with Crippen LogP contribution in [-0.2, 0) is 17.2 Å². The number of nitrogens with one attached hydrogen (secondary N) is 1. The molecule has 0 saturated heterocycles. The zero-order valence-corrected chi connectivity index (χ0v) is 13.0. The maximum Gasteiger partial charge on any atom is 0.234 e. The SMILES string of the molecule is O=C(CSCc1cccc(CO)c1)Nc1cccc(Cl)c1. The van der Waals surface area contributed by atoms with Gasteiger partial charge >= 0.3 is 0 Å². The lowest BCUT2D eigenvalue weighted by molar-refractivity contribution is -0.113. The zero-order chi connectivity index (χ0) is 15.1. The van der Waals surface area contributed by atoms with Gasteiger partial charge in [0.1, 0.15) is 0 Å². The van der Waals surface area contributed by atoms with E-state index in [-0.39, 0.29) is 12.5 Å². The van der Waals surface area contributed by atoms with Crippen LogP contribution in [-0.4, -0.2) is 16.8 Å². The quantitative estimate of drug-likeness (QED) is 0.853. The van der Waals surface area contributed by atoms with Crippen LogP contribution in [0.3, 0.4) is 0 Å². The average molecular weight is 322 g/mol. The molecular formula is C16H16ClNO2S. The van der Waals surface area contributed by atoms with Crippen molar-refractivity contribution in [3.63, 3.8) is 0 Å². The van der Waals surface area contributed by atoms with E-state index in [9.17, 15) is 4.79 Å². The van der Waals surface area contributed by atoms with E-state index in [1.165, 1.54) is 11.8 Å². The van der Waals surface area contributed by atoms with Gasteiger partial charge in [-0.05, 0) is 29.3 Å². The first kappa shape index (κ1) is 15.9. The van der Waals surface area contributed by atoms with Crippen LogP contribution in [0, 0.1) is 0 Å². The second-order valence-electron chi connectivity index (χ2n) is 4.53. The van der Waals surface area contributed by atoms with Crippen molar-refractivity contribution >= 4 is 35.0 Å². The summed E-state index contributed by atoms with van der Waals surface area (Å²) in [4.78, 5) is 11.8. The van der Waals surface area contributed by atoms with Crippen molar-refractivity contribution in [1.29, 1.82) is 0 Å². The van der Waals surface area contributed by atoms with Crippen LogP contribution in [0.4, 0.5) is 5.69 Å². The van der Waals surface area contributed by atoms with E-state index in [1.54, 1.807) is 24.3 Å². The molecule has 0 spiro atoms. The van der Waals surface area contributed by atoms with E-state index < -0.39 is 0 Å². The molecule has 2 aromatic carbocycles. The fourth-order valence-electron chi connectivity index (χ4n) is 1.84. The minimum atomic E-state index is -0.0550. The summed E-state index contributed by atoms with van der Waals surface area (Å²) in [7, 11) is 0. The van der Waals surface area contributed by atoms with E-state index in [4.69, 9.17) is 16.7 Å². The Balaban J connectivity index is 1.79. The predicted octanol–water partition coefficient (Wildman–Crippen LogP) is 3.70.